The molecule has 2 aliphatic heterocycles. The molecule has 41 heavy (non-hydrogen) atoms. The average Bonchev–Trinajstić information content (AvgIpc) is 3.40. The van der Waals surface area contributed by atoms with Gasteiger partial charge in [-0.25, -0.2) is 9.37 Å². The standard InChI is InChI=1S/C31H35Cl2FN4O3/c1-29(2)10-12-30(13-11-29)31(21-8-5-18(32)15-22(21)37-28(31)41)23(20-9-14-35-26(33)24(20)34)25(38-30)27(40)36-19-6-3-17(16-39)4-7-19/h5,8-9,14-17,19,23,25,38H,3-4,6-7,10-13H2,1-2H3,(H,36,40)(H,37,41)/t17?,19?,23-,25+,31+/m0/s1. The lowest BCUT2D eigenvalue weighted by atomic mass is 9.53. The number of nitrogens with zero attached hydrogens (tertiary/aromatic N) is 1. The molecule has 6 rings (SSSR count). The molecular formula is C31H35Cl2FN4O3. The smallest absolute Gasteiger partial charge is 0.238 e. The fraction of sp³-hybridized carbons (Fsp3) is 0.548. The van der Waals surface area contributed by atoms with Crippen LogP contribution in [0.5, 0.6) is 0 Å². The van der Waals surface area contributed by atoms with Crippen molar-refractivity contribution < 1.29 is 18.8 Å². The Morgan fingerprint density at radius 2 is 1.80 bits per heavy atom. The van der Waals surface area contributed by atoms with Crippen molar-refractivity contribution in [2.24, 2.45) is 11.3 Å². The molecule has 2 spiro atoms. The van der Waals surface area contributed by atoms with Crippen molar-refractivity contribution in [2.45, 2.75) is 94.2 Å². The van der Waals surface area contributed by atoms with Crippen LogP contribution in [-0.2, 0) is 19.8 Å². The molecule has 0 radical (unpaired) electrons. The summed E-state index contributed by atoms with van der Waals surface area (Å²) in [6.07, 6.45) is 8.12. The summed E-state index contributed by atoms with van der Waals surface area (Å²) in [6.45, 7) is 4.42. The normalized spacial score (nSPS) is 31.6. The van der Waals surface area contributed by atoms with E-state index in [1.807, 2.05) is 6.07 Å². The monoisotopic (exact) mass is 600 g/mol. The Labute approximate surface area is 249 Å². The number of hydrogen-bond acceptors (Lipinski definition) is 5. The minimum Gasteiger partial charge on any atom is -0.352 e. The van der Waals surface area contributed by atoms with E-state index in [2.05, 4.69) is 34.8 Å². The molecule has 3 heterocycles. The third-order valence-corrected chi connectivity index (χ3v) is 10.8. The van der Waals surface area contributed by atoms with E-state index in [1.165, 1.54) is 12.3 Å². The van der Waals surface area contributed by atoms with E-state index in [9.17, 15) is 14.4 Å². The van der Waals surface area contributed by atoms with Crippen LogP contribution < -0.4 is 16.0 Å². The van der Waals surface area contributed by atoms with Gasteiger partial charge in [-0.05, 0) is 86.1 Å². The Bertz CT molecular complexity index is 1400. The number of rotatable bonds is 4. The molecule has 3 fully saturated rings. The summed E-state index contributed by atoms with van der Waals surface area (Å²) in [5.74, 6) is -2.18. The molecule has 1 saturated heterocycles. The van der Waals surface area contributed by atoms with Crippen molar-refractivity contribution in [3.63, 3.8) is 0 Å². The van der Waals surface area contributed by atoms with E-state index in [1.54, 1.807) is 12.1 Å². The molecule has 0 unspecified atom stereocenters. The number of carbonyl (C=O) groups is 3. The van der Waals surface area contributed by atoms with Gasteiger partial charge < -0.3 is 15.4 Å². The van der Waals surface area contributed by atoms with E-state index >= 15 is 4.39 Å². The van der Waals surface area contributed by atoms with Crippen molar-refractivity contribution in [2.75, 3.05) is 5.32 Å². The molecule has 218 valence electrons. The van der Waals surface area contributed by atoms with Crippen LogP contribution in [0.15, 0.2) is 30.5 Å². The lowest BCUT2D eigenvalue weighted by Gasteiger charge is -2.50. The zero-order valence-electron chi connectivity index (χ0n) is 23.2. The number of amides is 2. The van der Waals surface area contributed by atoms with Crippen molar-refractivity contribution >= 4 is 47.0 Å². The average molecular weight is 602 g/mol. The third kappa shape index (κ3) is 4.48. The number of carbonyl (C=O) groups excluding carboxylic acids is 3. The lowest BCUT2D eigenvalue weighted by molar-refractivity contribution is -0.125. The minimum absolute atomic E-state index is 0.0104. The highest BCUT2D eigenvalue weighted by Crippen LogP contribution is 2.64. The van der Waals surface area contributed by atoms with Crippen LogP contribution in [0.2, 0.25) is 10.2 Å². The van der Waals surface area contributed by atoms with Gasteiger partial charge in [0.2, 0.25) is 11.8 Å². The van der Waals surface area contributed by atoms with Gasteiger partial charge in [0, 0.05) is 40.3 Å². The lowest BCUT2D eigenvalue weighted by Crippen LogP contribution is -2.61. The summed E-state index contributed by atoms with van der Waals surface area (Å²) in [5.41, 5.74) is -0.598. The topological polar surface area (TPSA) is 100 Å². The second kappa shape index (κ2) is 10.3. The van der Waals surface area contributed by atoms with E-state index < -0.39 is 28.7 Å². The summed E-state index contributed by atoms with van der Waals surface area (Å²) in [6, 6.07) is 5.82. The van der Waals surface area contributed by atoms with Crippen LogP contribution in [-0.4, -0.2) is 40.7 Å². The zero-order chi connectivity index (χ0) is 29.2. The Kier molecular flexibility index (Phi) is 7.19. The van der Waals surface area contributed by atoms with E-state index in [0.29, 0.717) is 54.8 Å². The van der Waals surface area contributed by atoms with Crippen LogP contribution in [0, 0.1) is 17.2 Å². The van der Waals surface area contributed by atoms with Crippen LogP contribution in [0.4, 0.5) is 10.1 Å². The quantitative estimate of drug-likeness (QED) is 0.309. The number of aldehydes is 1. The number of pyridine rings is 1. The molecule has 2 aromatic rings. The first kappa shape index (κ1) is 28.6. The number of aromatic nitrogens is 1. The van der Waals surface area contributed by atoms with Gasteiger partial charge in [0.05, 0.1) is 6.04 Å². The molecular weight excluding hydrogens is 566 g/mol. The third-order valence-electron chi connectivity index (χ3n) is 10.3. The van der Waals surface area contributed by atoms with Crippen molar-refractivity contribution in [1.82, 2.24) is 15.6 Å². The number of nitrogens with one attached hydrogen (secondary N) is 3. The largest absolute Gasteiger partial charge is 0.352 e. The summed E-state index contributed by atoms with van der Waals surface area (Å²) in [4.78, 5) is 43.9. The Morgan fingerprint density at radius 3 is 2.49 bits per heavy atom. The molecule has 10 heteroatoms. The molecule has 4 aliphatic rings. The number of benzene rings is 1. The van der Waals surface area contributed by atoms with Gasteiger partial charge in [0.1, 0.15) is 11.7 Å². The van der Waals surface area contributed by atoms with Gasteiger partial charge in [-0.2, -0.15) is 0 Å². The van der Waals surface area contributed by atoms with E-state index in [4.69, 9.17) is 23.2 Å². The Balaban J connectivity index is 1.51. The van der Waals surface area contributed by atoms with Crippen LogP contribution in [0.25, 0.3) is 0 Å². The number of anilines is 1. The van der Waals surface area contributed by atoms with Gasteiger partial charge in [0.25, 0.3) is 0 Å². The molecule has 0 bridgehead atoms. The summed E-state index contributed by atoms with van der Waals surface area (Å²) >= 11 is 12.6. The molecule has 2 aliphatic carbocycles. The predicted molar refractivity (Wildman–Crippen MR) is 156 cm³/mol. The first-order valence-electron chi connectivity index (χ1n) is 14.5. The zero-order valence-corrected chi connectivity index (χ0v) is 24.7. The Hall–Kier alpha value is -2.55. The fourth-order valence-electron chi connectivity index (χ4n) is 8.02. The molecule has 3 N–H and O–H groups in total. The number of fused-ring (bicyclic) bond motifs is 3. The second-order valence-electron chi connectivity index (χ2n) is 13.1. The number of halogens is 3. The fourth-order valence-corrected chi connectivity index (χ4v) is 8.36. The highest BCUT2D eigenvalue weighted by molar-refractivity contribution is 6.31. The number of hydrogen-bond donors (Lipinski definition) is 3. The minimum atomic E-state index is -1.30. The predicted octanol–water partition coefficient (Wildman–Crippen LogP) is 5.69. The van der Waals surface area contributed by atoms with Gasteiger partial charge >= 0.3 is 0 Å². The van der Waals surface area contributed by atoms with Gasteiger partial charge in [-0.3, -0.25) is 14.9 Å². The summed E-state index contributed by atoms with van der Waals surface area (Å²) in [5, 5.41) is 10.1. The molecule has 2 amide bonds. The molecule has 1 aromatic heterocycles. The summed E-state index contributed by atoms with van der Waals surface area (Å²) < 4.78 is 16.0. The van der Waals surface area contributed by atoms with Crippen LogP contribution in [0.3, 0.4) is 0 Å². The van der Waals surface area contributed by atoms with Crippen molar-refractivity contribution in [3.05, 3.63) is 57.6 Å². The van der Waals surface area contributed by atoms with Crippen LogP contribution in [0.1, 0.15) is 82.3 Å². The van der Waals surface area contributed by atoms with Crippen molar-refractivity contribution in [1.29, 1.82) is 0 Å². The van der Waals surface area contributed by atoms with Gasteiger partial charge in [0.15, 0.2) is 11.0 Å². The maximum Gasteiger partial charge on any atom is 0.238 e. The van der Waals surface area contributed by atoms with Crippen molar-refractivity contribution in [3.8, 4) is 0 Å². The van der Waals surface area contributed by atoms with Gasteiger partial charge in [-0.1, -0.05) is 43.1 Å². The van der Waals surface area contributed by atoms with E-state index in [0.717, 1.165) is 19.1 Å². The maximum atomic E-state index is 16.0. The van der Waals surface area contributed by atoms with Crippen LogP contribution >= 0.6 is 23.2 Å². The molecule has 2 saturated carbocycles. The highest BCUT2D eigenvalue weighted by Gasteiger charge is 2.73. The first-order valence-corrected chi connectivity index (χ1v) is 15.2. The highest BCUT2D eigenvalue weighted by atomic mass is 35.5. The van der Waals surface area contributed by atoms with E-state index in [-0.39, 0.29) is 39.9 Å². The SMILES string of the molecule is CC1(C)CCC2(CC1)N[C@@H](C(=O)NC1CCC(C=O)CC1)[C@H](c1ccnc(Cl)c1F)[C@]21C(=O)Nc2cc(Cl)ccc21. The maximum absolute atomic E-state index is 16.0. The Morgan fingerprint density at radius 1 is 1.10 bits per heavy atom. The summed E-state index contributed by atoms with van der Waals surface area (Å²) in [7, 11) is 0. The van der Waals surface area contributed by atoms with Gasteiger partial charge in [-0.15, -0.1) is 0 Å². The molecule has 3 atom stereocenters. The molecule has 7 nitrogen and oxygen atoms in total. The molecule has 1 aromatic carbocycles. The second-order valence-corrected chi connectivity index (χ2v) is 13.9. The first-order chi connectivity index (χ1) is 19.5.